The molecule has 0 spiro atoms. The number of carboxylic acid groups (broad SMARTS) is 1. The van der Waals surface area contributed by atoms with E-state index in [1.807, 2.05) is 11.4 Å². The van der Waals surface area contributed by atoms with Crippen LogP contribution in [0.25, 0.3) is 0 Å². The van der Waals surface area contributed by atoms with Gasteiger partial charge in [-0.15, -0.1) is 16.4 Å². The summed E-state index contributed by atoms with van der Waals surface area (Å²) >= 11 is 2.61. The Labute approximate surface area is 181 Å². The first-order chi connectivity index (χ1) is 14.4. The molecule has 11 nitrogen and oxygen atoms in total. The van der Waals surface area contributed by atoms with Crippen molar-refractivity contribution < 1.29 is 23.7 Å². The van der Waals surface area contributed by atoms with Crippen molar-refractivity contribution in [2.45, 2.75) is 23.0 Å². The lowest BCUT2D eigenvalue weighted by atomic mass is 10.0. The molecule has 4 rings (SSSR count). The number of aliphatic carboxylic acids is 1. The van der Waals surface area contributed by atoms with Gasteiger partial charge >= 0.3 is 5.97 Å². The van der Waals surface area contributed by atoms with Gasteiger partial charge in [0, 0.05) is 17.7 Å². The van der Waals surface area contributed by atoms with Crippen molar-refractivity contribution in [1.29, 1.82) is 0 Å². The number of carboxylic acids is 1. The Balaban J connectivity index is 1.50. The number of rotatable bonds is 7. The molecule has 0 saturated carbocycles. The molecule has 0 radical (unpaired) electrons. The lowest BCUT2D eigenvalue weighted by Crippen LogP contribution is -2.73. The molecule has 1 fully saturated rings. The summed E-state index contributed by atoms with van der Waals surface area (Å²) in [5.74, 6) is -2.06. The maximum Gasteiger partial charge on any atom is 0.352 e. The summed E-state index contributed by atoms with van der Waals surface area (Å²) in [7, 11) is 0.0901. The number of nitrogens with one attached hydrogen (secondary N) is 1. The highest BCUT2D eigenvalue weighted by molar-refractivity contribution is 7.99. The molecule has 2 aromatic heterocycles. The highest BCUT2D eigenvalue weighted by Crippen LogP contribution is 2.36. The summed E-state index contributed by atoms with van der Waals surface area (Å²) in [6.07, 6.45) is 0.107. The molecule has 14 heteroatoms. The maximum absolute atomic E-state index is 12.8. The summed E-state index contributed by atoms with van der Waals surface area (Å²) in [5, 5.41) is 24.8. The van der Waals surface area contributed by atoms with Gasteiger partial charge in [-0.3, -0.25) is 18.7 Å². The molecule has 3 atom stereocenters. The fourth-order valence-electron chi connectivity index (χ4n) is 3.26. The molecular weight excluding hydrogens is 452 g/mol. The zero-order valence-corrected chi connectivity index (χ0v) is 18.0. The van der Waals surface area contributed by atoms with Gasteiger partial charge in [-0.25, -0.2) is 9.48 Å². The zero-order valence-electron chi connectivity index (χ0n) is 15.5. The second-order valence-electron chi connectivity index (χ2n) is 6.56. The Kier molecular flexibility index (Phi) is 5.71. The average molecular weight is 469 g/mol. The number of thiophene rings is 1. The van der Waals surface area contributed by atoms with E-state index in [2.05, 4.69) is 20.8 Å². The molecule has 0 aliphatic carbocycles. The van der Waals surface area contributed by atoms with Crippen molar-refractivity contribution in [3.05, 3.63) is 33.7 Å². The number of hydrogen-bond acceptors (Lipinski definition) is 9. The summed E-state index contributed by atoms with van der Waals surface area (Å²) in [4.78, 5) is 38.7. The van der Waals surface area contributed by atoms with Gasteiger partial charge in [-0.05, 0) is 27.4 Å². The number of carbonyl (C=O) groups excluding carboxylic acids is 2. The van der Waals surface area contributed by atoms with Crippen LogP contribution in [0.2, 0.25) is 0 Å². The number of nitrogens with zero attached hydrogens (tertiary/aromatic N) is 5. The van der Waals surface area contributed by atoms with E-state index in [0.717, 1.165) is 9.78 Å². The summed E-state index contributed by atoms with van der Waals surface area (Å²) in [5.41, 5.74) is 0.178. The van der Waals surface area contributed by atoms with Crippen LogP contribution in [-0.2, 0) is 38.7 Å². The van der Waals surface area contributed by atoms with Gasteiger partial charge < -0.3 is 10.4 Å². The number of aryl methyl sites for hydroxylation is 1. The van der Waals surface area contributed by atoms with E-state index >= 15 is 0 Å². The number of β-lactam (4-membered cyclic amide) rings is 1. The predicted molar refractivity (Wildman–Crippen MR) is 108 cm³/mol. The third kappa shape index (κ3) is 3.77. The molecule has 2 aliphatic heterocycles. The summed E-state index contributed by atoms with van der Waals surface area (Å²) in [6, 6.07) is 2.63. The molecule has 2 aromatic rings. The molecule has 0 bridgehead atoms. The van der Waals surface area contributed by atoms with Gasteiger partial charge in [0.2, 0.25) is 11.1 Å². The van der Waals surface area contributed by atoms with Gasteiger partial charge in [0.15, 0.2) is 0 Å². The first-order valence-electron chi connectivity index (χ1n) is 8.69. The van der Waals surface area contributed by atoms with Crippen molar-refractivity contribution in [3.63, 3.8) is 0 Å². The second kappa shape index (κ2) is 8.28. The van der Waals surface area contributed by atoms with E-state index < -0.39 is 34.1 Å². The van der Waals surface area contributed by atoms with Crippen molar-refractivity contribution in [1.82, 2.24) is 30.4 Å². The Bertz CT molecular complexity index is 1070. The van der Waals surface area contributed by atoms with Crippen LogP contribution < -0.4 is 5.32 Å². The van der Waals surface area contributed by atoms with Crippen molar-refractivity contribution in [2.24, 2.45) is 7.05 Å². The van der Waals surface area contributed by atoms with Gasteiger partial charge in [0.05, 0.1) is 23.0 Å². The third-order valence-corrected chi connectivity index (χ3v) is 8.22. The first kappa shape index (κ1) is 20.7. The Hall–Kier alpha value is -2.58. The smallest absolute Gasteiger partial charge is 0.352 e. The van der Waals surface area contributed by atoms with E-state index in [1.54, 1.807) is 13.1 Å². The largest absolute Gasteiger partial charge is 0.477 e. The van der Waals surface area contributed by atoms with Crippen LogP contribution in [0.15, 0.2) is 33.9 Å². The average Bonchev–Trinajstić information content (AvgIpc) is 3.35. The molecule has 1 unspecified atom stereocenters. The monoisotopic (exact) mass is 468 g/mol. The van der Waals surface area contributed by atoms with Crippen LogP contribution in [-0.4, -0.2) is 75.1 Å². The molecule has 0 aromatic carbocycles. The number of aromatic nitrogens is 4. The molecule has 158 valence electrons. The lowest BCUT2D eigenvalue weighted by Gasteiger charge is -2.49. The van der Waals surface area contributed by atoms with Gasteiger partial charge in [0.1, 0.15) is 17.1 Å². The van der Waals surface area contributed by atoms with E-state index in [1.165, 1.54) is 27.8 Å². The zero-order chi connectivity index (χ0) is 21.4. The number of thioether (sulfide) groups is 1. The van der Waals surface area contributed by atoms with E-state index in [9.17, 15) is 23.7 Å². The predicted octanol–water partition coefficient (Wildman–Crippen LogP) is -0.639. The fourth-order valence-corrected chi connectivity index (χ4v) is 6.63. The maximum atomic E-state index is 12.8. The first-order valence-corrected chi connectivity index (χ1v) is 11.9. The minimum atomic E-state index is -1.56. The standard InChI is InChI=1S/C16H16N6O5S3/c1-21-16(18-19-20-21)29-6-8-7-30(27)14-11(13(24)22(14)12(8)15(25)26)17-10(23)5-9-3-2-4-28-9/h2-4,11,14H,5-7H2,1H3,(H,17,23)(H,25,26)/t11-,14-,30?/m1/s1. The molecular formula is C16H16N6O5S3. The summed E-state index contributed by atoms with van der Waals surface area (Å²) < 4.78 is 14.2. The van der Waals surface area contributed by atoms with Crippen molar-refractivity contribution in [2.75, 3.05) is 11.5 Å². The van der Waals surface area contributed by atoms with Crippen LogP contribution in [0.4, 0.5) is 0 Å². The van der Waals surface area contributed by atoms with E-state index in [0.29, 0.717) is 10.7 Å². The van der Waals surface area contributed by atoms with Gasteiger partial charge in [-0.1, -0.05) is 17.8 Å². The Morgan fingerprint density at radius 2 is 2.27 bits per heavy atom. The van der Waals surface area contributed by atoms with Crippen LogP contribution in [0.3, 0.4) is 0 Å². The molecule has 2 amide bonds. The van der Waals surface area contributed by atoms with E-state index in [-0.39, 0.29) is 29.5 Å². The summed E-state index contributed by atoms with van der Waals surface area (Å²) in [6.45, 7) is 0. The van der Waals surface area contributed by atoms with Crippen LogP contribution in [0.1, 0.15) is 4.88 Å². The molecule has 2 aliphatic rings. The van der Waals surface area contributed by atoms with Crippen LogP contribution >= 0.6 is 23.1 Å². The van der Waals surface area contributed by atoms with Crippen molar-refractivity contribution >= 4 is 51.7 Å². The number of hydrogen-bond donors (Lipinski definition) is 2. The van der Waals surface area contributed by atoms with Crippen LogP contribution in [0.5, 0.6) is 0 Å². The van der Waals surface area contributed by atoms with Crippen LogP contribution in [0, 0.1) is 0 Å². The topological polar surface area (TPSA) is 147 Å². The van der Waals surface area contributed by atoms with Gasteiger partial charge in [0.25, 0.3) is 5.91 Å². The highest BCUT2D eigenvalue weighted by atomic mass is 32.2. The Morgan fingerprint density at radius 1 is 1.47 bits per heavy atom. The molecule has 2 N–H and O–H groups in total. The minimum Gasteiger partial charge on any atom is -0.477 e. The number of fused-ring (bicyclic) bond motifs is 1. The second-order valence-corrected chi connectivity index (χ2v) is 10.1. The molecule has 30 heavy (non-hydrogen) atoms. The number of carbonyl (C=O) groups is 3. The highest BCUT2D eigenvalue weighted by Gasteiger charge is 2.57. The number of amides is 2. The number of tetrazole rings is 1. The van der Waals surface area contributed by atoms with E-state index in [4.69, 9.17) is 0 Å². The quantitative estimate of drug-likeness (QED) is 0.400. The normalized spacial score (nSPS) is 23.2. The van der Waals surface area contributed by atoms with Gasteiger partial charge in [-0.2, -0.15) is 0 Å². The fraction of sp³-hybridized carbons (Fsp3) is 0.375. The van der Waals surface area contributed by atoms with Crippen molar-refractivity contribution in [3.8, 4) is 0 Å². The Morgan fingerprint density at radius 3 is 2.90 bits per heavy atom. The molecule has 1 saturated heterocycles. The third-order valence-electron chi connectivity index (χ3n) is 4.60. The minimum absolute atomic E-state index is 0.00828. The SMILES string of the molecule is Cn1nnnc1SCC1=C(C(=O)O)N2C(=O)[C@@H](NC(=O)Cc3cccs3)[C@H]2S(=O)C1. The lowest BCUT2D eigenvalue weighted by molar-refractivity contribution is -0.150. The molecule has 4 heterocycles.